The molecule has 282 valence electrons. The predicted octanol–water partition coefficient (Wildman–Crippen LogP) is 16.9. The Balaban J connectivity index is 1.10. The molecule has 0 amide bonds. The normalized spacial score (nSPS) is 15.3. The van der Waals surface area contributed by atoms with Crippen LogP contribution in [-0.4, -0.2) is 0 Å². The SMILES string of the molecule is c1ccc(N(c2cccc3c2sc2ccccc23)c2cccc3sc4c(C5(c6ccccc6)c6ccccc6-c6c5ccc5c6Sc6ccccc6S5)cccc4c23)cc1. The van der Waals surface area contributed by atoms with Gasteiger partial charge in [-0.15, -0.1) is 22.7 Å². The fraction of sp³-hybridized carbons (Fsp3) is 0.0182. The van der Waals surface area contributed by atoms with Crippen LogP contribution in [0.5, 0.6) is 0 Å². The number of anilines is 3. The van der Waals surface area contributed by atoms with Gasteiger partial charge in [0.2, 0.25) is 0 Å². The van der Waals surface area contributed by atoms with Gasteiger partial charge in [0.15, 0.2) is 0 Å². The molecular formula is C55H33NS4. The van der Waals surface area contributed by atoms with Crippen LogP contribution in [0.3, 0.4) is 0 Å². The Kier molecular flexibility index (Phi) is 7.80. The van der Waals surface area contributed by atoms with Gasteiger partial charge in [0.1, 0.15) is 0 Å². The molecule has 0 N–H and O–H groups in total. The molecule has 0 spiro atoms. The predicted molar refractivity (Wildman–Crippen MR) is 259 cm³/mol. The molecule has 0 saturated carbocycles. The van der Waals surface area contributed by atoms with Gasteiger partial charge in [-0.1, -0.05) is 169 Å². The Morgan fingerprint density at radius 1 is 0.383 bits per heavy atom. The molecule has 0 saturated heterocycles. The van der Waals surface area contributed by atoms with Crippen molar-refractivity contribution in [3.8, 4) is 11.1 Å². The van der Waals surface area contributed by atoms with Crippen molar-refractivity contribution in [3.05, 3.63) is 222 Å². The Hall–Kier alpha value is -6.08. The maximum Gasteiger partial charge on any atom is 0.0727 e. The molecule has 1 nitrogen and oxygen atoms in total. The van der Waals surface area contributed by atoms with E-state index in [0.29, 0.717) is 0 Å². The first-order chi connectivity index (χ1) is 29.8. The summed E-state index contributed by atoms with van der Waals surface area (Å²) in [5, 5.41) is 5.17. The topological polar surface area (TPSA) is 3.24 Å². The minimum absolute atomic E-state index is 0.535. The van der Waals surface area contributed by atoms with Crippen LogP contribution in [0.4, 0.5) is 17.1 Å². The fourth-order valence-corrected chi connectivity index (χ4v) is 14.9. The van der Waals surface area contributed by atoms with Gasteiger partial charge in [-0.05, 0) is 82.4 Å². The van der Waals surface area contributed by atoms with Crippen LogP contribution >= 0.6 is 46.2 Å². The molecule has 1 unspecified atom stereocenters. The molecule has 0 radical (unpaired) electrons. The summed E-state index contributed by atoms with van der Waals surface area (Å²) in [5.74, 6) is 0. The molecule has 2 aromatic heterocycles. The highest BCUT2D eigenvalue weighted by Crippen LogP contribution is 2.63. The summed E-state index contributed by atoms with van der Waals surface area (Å²) in [6.07, 6.45) is 0. The summed E-state index contributed by atoms with van der Waals surface area (Å²) in [5.41, 5.74) is 11.0. The highest BCUT2D eigenvalue weighted by molar-refractivity contribution is 8.05. The summed E-state index contributed by atoms with van der Waals surface area (Å²) in [7, 11) is 0. The lowest BCUT2D eigenvalue weighted by atomic mass is 9.67. The van der Waals surface area contributed by atoms with E-state index in [4.69, 9.17) is 0 Å². The molecule has 0 bridgehead atoms. The van der Waals surface area contributed by atoms with Gasteiger partial charge >= 0.3 is 0 Å². The van der Waals surface area contributed by atoms with Crippen LogP contribution in [-0.2, 0) is 5.41 Å². The van der Waals surface area contributed by atoms with E-state index >= 15 is 0 Å². The first-order valence-electron chi connectivity index (χ1n) is 20.2. The fourth-order valence-electron chi connectivity index (χ4n) is 9.99. The molecule has 5 heteroatoms. The summed E-state index contributed by atoms with van der Waals surface area (Å²) < 4.78 is 5.21. The Morgan fingerprint density at radius 2 is 1.02 bits per heavy atom. The van der Waals surface area contributed by atoms with Gasteiger partial charge in [0.25, 0.3) is 0 Å². The van der Waals surface area contributed by atoms with Crippen molar-refractivity contribution in [2.24, 2.45) is 0 Å². The molecule has 2 aliphatic rings. The second kappa shape index (κ2) is 13.5. The van der Waals surface area contributed by atoms with Crippen LogP contribution in [0.15, 0.2) is 220 Å². The van der Waals surface area contributed by atoms with Crippen molar-refractivity contribution in [2.75, 3.05) is 4.90 Å². The first kappa shape index (κ1) is 34.8. The average Bonchev–Trinajstić information content (AvgIpc) is 3.99. The standard InChI is InChI=1S/C55H33NS4/c1-3-16-34(17-4-1)55(40-24-9-7-21-38(40)50-41(55)32-33-49-54(50)59-47-30-12-11-29-46(47)57-49)42-25-13-23-39-51-43(26-15-31-48(51)60-52(39)42)56(35-18-5-2-6-19-35)44-27-14-22-37-36-20-8-10-28-45(36)58-53(37)44/h1-33H. The van der Waals surface area contributed by atoms with Crippen molar-refractivity contribution < 1.29 is 0 Å². The lowest BCUT2D eigenvalue weighted by Gasteiger charge is -2.34. The lowest BCUT2D eigenvalue weighted by Crippen LogP contribution is -2.28. The number of para-hydroxylation sites is 1. The highest BCUT2D eigenvalue weighted by atomic mass is 32.2. The summed E-state index contributed by atoms with van der Waals surface area (Å²) in [4.78, 5) is 7.85. The smallest absolute Gasteiger partial charge is 0.0727 e. The zero-order chi connectivity index (χ0) is 39.4. The van der Waals surface area contributed by atoms with E-state index in [1.165, 1.54) is 105 Å². The highest BCUT2D eigenvalue weighted by Gasteiger charge is 2.48. The largest absolute Gasteiger partial charge is 0.308 e. The molecule has 11 aromatic rings. The van der Waals surface area contributed by atoms with Gasteiger partial charge in [0, 0.05) is 66.5 Å². The monoisotopic (exact) mass is 835 g/mol. The van der Waals surface area contributed by atoms with E-state index in [9.17, 15) is 0 Å². The van der Waals surface area contributed by atoms with Gasteiger partial charge in [-0.3, -0.25) is 0 Å². The second-order valence-electron chi connectivity index (χ2n) is 15.5. The molecule has 1 atom stereocenters. The third kappa shape index (κ3) is 4.89. The molecule has 1 aliphatic heterocycles. The number of fused-ring (bicyclic) bond motifs is 12. The summed E-state index contributed by atoms with van der Waals surface area (Å²) in [6, 6.07) is 74.7. The van der Waals surface area contributed by atoms with Crippen LogP contribution in [0, 0.1) is 0 Å². The van der Waals surface area contributed by atoms with Crippen molar-refractivity contribution in [2.45, 2.75) is 25.0 Å². The van der Waals surface area contributed by atoms with Gasteiger partial charge in [0.05, 0.1) is 21.5 Å². The Morgan fingerprint density at radius 3 is 1.90 bits per heavy atom. The third-order valence-corrected chi connectivity index (χ3v) is 17.4. The lowest BCUT2D eigenvalue weighted by molar-refractivity contribution is 0.775. The maximum atomic E-state index is 2.50. The van der Waals surface area contributed by atoms with E-state index in [-0.39, 0.29) is 0 Å². The van der Waals surface area contributed by atoms with Crippen molar-refractivity contribution in [1.82, 2.24) is 0 Å². The zero-order valence-electron chi connectivity index (χ0n) is 32.1. The van der Waals surface area contributed by atoms with Gasteiger partial charge in [-0.25, -0.2) is 0 Å². The summed E-state index contributed by atoms with van der Waals surface area (Å²) in [6.45, 7) is 0. The Labute approximate surface area is 364 Å². The van der Waals surface area contributed by atoms with Crippen LogP contribution in [0.1, 0.15) is 22.3 Å². The van der Waals surface area contributed by atoms with Gasteiger partial charge in [-0.2, -0.15) is 0 Å². The van der Waals surface area contributed by atoms with Crippen LogP contribution in [0.25, 0.3) is 51.5 Å². The van der Waals surface area contributed by atoms with E-state index in [2.05, 4.69) is 205 Å². The minimum Gasteiger partial charge on any atom is -0.308 e. The molecule has 13 rings (SSSR count). The molecule has 3 heterocycles. The number of thiophene rings is 2. The van der Waals surface area contributed by atoms with Crippen molar-refractivity contribution in [3.63, 3.8) is 0 Å². The minimum atomic E-state index is -0.535. The number of nitrogens with zero attached hydrogens (tertiary/aromatic N) is 1. The summed E-state index contributed by atoms with van der Waals surface area (Å²) >= 11 is 7.65. The van der Waals surface area contributed by atoms with E-state index in [1.54, 1.807) is 0 Å². The van der Waals surface area contributed by atoms with Crippen LogP contribution in [0.2, 0.25) is 0 Å². The number of hydrogen-bond donors (Lipinski definition) is 0. The van der Waals surface area contributed by atoms with Crippen molar-refractivity contribution >= 4 is 104 Å². The molecule has 0 fully saturated rings. The second-order valence-corrected chi connectivity index (χ2v) is 19.7. The molecule has 60 heavy (non-hydrogen) atoms. The van der Waals surface area contributed by atoms with E-state index in [1.807, 2.05) is 46.2 Å². The average molecular weight is 836 g/mol. The quantitative estimate of drug-likeness (QED) is 0.170. The number of rotatable bonds is 5. The zero-order valence-corrected chi connectivity index (χ0v) is 35.4. The van der Waals surface area contributed by atoms with Crippen LogP contribution < -0.4 is 4.90 Å². The van der Waals surface area contributed by atoms with Gasteiger partial charge < -0.3 is 4.90 Å². The van der Waals surface area contributed by atoms with Crippen molar-refractivity contribution in [1.29, 1.82) is 0 Å². The molecular weight excluding hydrogens is 803 g/mol. The maximum absolute atomic E-state index is 2.50. The third-order valence-electron chi connectivity index (χ3n) is 12.4. The molecule has 9 aromatic carbocycles. The molecule has 1 aliphatic carbocycles. The number of benzene rings is 9. The Bertz CT molecular complexity index is 3510. The van der Waals surface area contributed by atoms with E-state index < -0.39 is 5.41 Å². The van der Waals surface area contributed by atoms with E-state index in [0.717, 1.165) is 5.69 Å². The number of hydrogen-bond acceptors (Lipinski definition) is 5. The first-order valence-corrected chi connectivity index (χ1v) is 23.5.